The van der Waals surface area contributed by atoms with Crippen LogP contribution >= 0.6 is 23.1 Å². The molecule has 4 aromatic rings. The molecule has 3 heterocycles. The van der Waals surface area contributed by atoms with Crippen LogP contribution < -0.4 is 0 Å². The van der Waals surface area contributed by atoms with Gasteiger partial charge in [0.15, 0.2) is 5.16 Å². The normalized spacial score (nSPS) is 13.9. The van der Waals surface area contributed by atoms with E-state index in [1.807, 2.05) is 0 Å². The van der Waals surface area contributed by atoms with E-state index in [2.05, 4.69) is 37.3 Å². The van der Waals surface area contributed by atoms with Gasteiger partial charge in [0.2, 0.25) is 5.89 Å². The Morgan fingerprint density at radius 1 is 1.18 bits per heavy atom. The SMILES string of the molecule is Fc1ccc(-c2nc(CSc3nnc(Cc4cccs4)n3C3CC3)co2)cc1. The lowest BCUT2D eigenvalue weighted by Crippen LogP contribution is -2.03. The number of hydrogen-bond donors (Lipinski definition) is 0. The molecule has 5 rings (SSSR count). The first-order valence-electron chi connectivity index (χ1n) is 9.05. The molecule has 0 atom stereocenters. The fraction of sp³-hybridized carbons (Fsp3) is 0.250. The molecule has 0 aliphatic heterocycles. The van der Waals surface area contributed by atoms with Crippen molar-refractivity contribution in [3.05, 3.63) is 70.3 Å². The molecule has 0 spiro atoms. The number of aromatic nitrogens is 4. The van der Waals surface area contributed by atoms with E-state index in [0.29, 0.717) is 17.7 Å². The molecule has 142 valence electrons. The Hall–Kier alpha value is -2.45. The van der Waals surface area contributed by atoms with Crippen LogP contribution in [0.1, 0.15) is 35.3 Å². The molecule has 0 N–H and O–H groups in total. The lowest BCUT2D eigenvalue weighted by molar-refractivity contribution is 0.572. The number of hydrogen-bond acceptors (Lipinski definition) is 6. The molecule has 0 radical (unpaired) electrons. The van der Waals surface area contributed by atoms with Crippen LogP contribution in [0.5, 0.6) is 0 Å². The smallest absolute Gasteiger partial charge is 0.226 e. The minimum absolute atomic E-state index is 0.274. The van der Waals surface area contributed by atoms with Crippen molar-refractivity contribution in [2.45, 2.75) is 36.2 Å². The van der Waals surface area contributed by atoms with Crippen LogP contribution in [0.3, 0.4) is 0 Å². The summed E-state index contributed by atoms with van der Waals surface area (Å²) in [4.78, 5) is 5.81. The van der Waals surface area contributed by atoms with Gasteiger partial charge in [0, 0.05) is 28.7 Å². The molecule has 8 heteroatoms. The number of benzene rings is 1. The van der Waals surface area contributed by atoms with Crippen molar-refractivity contribution < 1.29 is 8.81 Å². The van der Waals surface area contributed by atoms with Crippen molar-refractivity contribution >= 4 is 23.1 Å². The van der Waals surface area contributed by atoms with Gasteiger partial charge < -0.3 is 8.98 Å². The minimum atomic E-state index is -0.274. The third kappa shape index (κ3) is 3.74. The van der Waals surface area contributed by atoms with Crippen molar-refractivity contribution in [2.75, 3.05) is 0 Å². The quantitative estimate of drug-likeness (QED) is 0.383. The van der Waals surface area contributed by atoms with Crippen LogP contribution in [-0.4, -0.2) is 19.7 Å². The molecule has 1 fully saturated rings. The number of nitrogens with zero attached hydrogens (tertiary/aromatic N) is 4. The van der Waals surface area contributed by atoms with E-state index in [9.17, 15) is 4.39 Å². The third-order valence-corrected chi connectivity index (χ3v) is 6.40. The molecule has 0 amide bonds. The Labute approximate surface area is 169 Å². The predicted octanol–water partition coefficient (Wildman–Crippen LogP) is 5.35. The van der Waals surface area contributed by atoms with E-state index in [1.54, 1.807) is 41.5 Å². The molecule has 0 saturated heterocycles. The minimum Gasteiger partial charge on any atom is -0.444 e. The van der Waals surface area contributed by atoms with E-state index < -0.39 is 0 Å². The molecule has 1 aromatic carbocycles. The van der Waals surface area contributed by atoms with E-state index in [4.69, 9.17) is 4.42 Å². The molecule has 1 aliphatic carbocycles. The molecular formula is C20H17FN4OS2. The Morgan fingerprint density at radius 3 is 2.79 bits per heavy atom. The summed E-state index contributed by atoms with van der Waals surface area (Å²) in [7, 11) is 0. The largest absolute Gasteiger partial charge is 0.444 e. The molecule has 28 heavy (non-hydrogen) atoms. The molecule has 5 nitrogen and oxygen atoms in total. The van der Waals surface area contributed by atoms with E-state index in [-0.39, 0.29) is 5.82 Å². The van der Waals surface area contributed by atoms with Crippen LogP contribution in [0.4, 0.5) is 4.39 Å². The highest BCUT2D eigenvalue weighted by molar-refractivity contribution is 7.98. The monoisotopic (exact) mass is 412 g/mol. The molecule has 0 unspecified atom stereocenters. The van der Waals surface area contributed by atoms with Crippen molar-refractivity contribution in [3.8, 4) is 11.5 Å². The fourth-order valence-corrected chi connectivity index (χ4v) is 4.63. The number of rotatable bonds is 7. The van der Waals surface area contributed by atoms with Gasteiger partial charge in [-0.15, -0.1) is 21.5 Å². The van der Waals surface area contributed by atoms with Gasteiger partial charge in [0.05, 0.1) is 5.69 Å². The van der Waals surface area contributed by atoms with Crippen molar-refractivity contribution in [1.29, 1.82) is 0 Å². The Balaban J connectivity index is 1.30. The maximum atomic E-state index is 13.1. The molecule has 0 bridgehead atoms. The summed E-state index contributed by atoms with van der Waals surface area (Å²) < 4.78 is 20.9. The average molecular weight is 413 g/mol. The van der Waals surface area contributed by atoms with Crippen LogP contribution in [0.2, 0.25) is 0 Å². The average Bonchev–Trinajstić information content (AvgIpc) is 3.11. The summed E-state index contributed by atoms with van der Waals surface area (Å²) in [5.74, 6) is 1.90. The van der Waals surface area contributed by atoms with Gasteiger partial charge in [0.1, 0.15) is 17.9 Å². The number of oxazole rings is 1. The maximum absolute atomic E-state index is 13.1. The van der Waals surface area contributed by atoms with Crippen LogP contribution in [0.25, 0.3) is 11.5 Å². The van der Waals surface area contributed by atoms with Gasteiger partial charge in [-0.2, -0.15) is 0 Å². The van der Waals surface area contributed by atoms with Gasteiger partial charge in [-0.05, 0) is 48.6 Å². The highest BCUT2D eigenvalue weighted by Gasteiger charge is 2.29. The second-order valence-electron chi connectivity index (χ2n) is 6.70. The summed E-state index contributed by atoms with van der Waals surface area (Å²) in [5, 5.41) is 11.9. The first kappa shape index (κ1) is 17.6. The molecule has 1 saturated carbocycles. The van der Waals surface area contributed by atoms with Gasteiger partial charge in [-0.3, -0.25) is 0 Å². The Kier molecular flexibility index (Phi) is 4.74. The standard InChI is InChI=1S/C20H17FN4OS2/c21-14-5-3-13(4-6-14)19-22-15(11-26-19)12-28-20-24-23-18(25(20)16-7-8-16)10-17-2-1-9-27-17/h1-6,9,11,16H,7-8,10,12H2. The maximum Gasteiger partial charge on any atom is 0.226 e. The van der Waals surface area contributed by atoms with Gasteiger partial charge in [-0.1, -0.05) is 17.8 Å². The predicted molar refractivity (Wildman–Crippen MR) is 107 cm³/mol. The molecule has 3 aromatic heterocycles. The molecule has 1 aliphatic rings. The summed E-state index contributed by atoms with van der Waals surface area (Å²) >= 11 is 3.37. The molecular weight excluding hydrogens is 395 g/mol. The second kappa shape index (κ2) is 7.52. The summed E-state index contributed by atoms with van der Waals surface area (Å²) in [6, 6.07) is 10.9. The van der Waals surface area contributed by atoms with Crippen molar-refractivity contribution in [3.63, 3.8) is 0 Å². The Morgan fingerprint density at radius 2 is 2.04 bits per heavy atom. The van der Waals surface area contributed by atoms with Gasteiger partial charge >= 0.3 is 0 Å². The number of thiophene rings is 1. The number of halogens is 1. The summed E-state index contributed by atoms with van der Waals surface area (Å²) in [5.41, 5.74) is 1.59. The first-order chi connectivity index (χ1) is 13.8. The highest BCUT2D eigenvalue weighted by Crippen LogP contribution is 2.39. The third-order valence-electron chi connectivity index (χ3n) is 4.55. The van der Waals surface area contributed by atoms with Crippen LogP contribution in [0, 0.1) is 5.82 Å². The first-order valence-corrected chi connectivity index (χ1v) is 10.9. The van der Waals surface area contributed by atoms with Crippen molar-refractivity contribution in [2.24, 2.45) is 0 Å². The Bertz CT molecular complexity index is 1070. The van der Waals surface area contributed by atoms with E-state index >= 15 is 0 Å². The highest BCUT2D eigenvalue weighted by atomic mass is 32.2. The van der Waals surface area contributed by atoms with Gasteiger partial charge in [0.25, 0.3) is 0 Å². The van der Waals surface area contributed by atoms with Crippen LogP contribution in [0.15, 0.2) is 57.6 Å². The van der Waals surface area contributed by atoms with Crippen LogP contribution in [-0.2, 0) is 12.2 Å². The number of thioether (sulfide) groups is 1. The lowest BCUT2D eigenvalue weighted by Gasteiger charge is -2.07. The fourth-order valence-electron chi connectivity index (χ4n) is 3.03. The van der Waals surface area contributed by atoms with Gasteiger partial charge in [-0.25, -0.2) is 9.37 Å². The van der Waals surface area contributed by atoms with E-state index in [0.717, 1.165) is 28.7 Å². The zero-order valence-corrected chi connectivity index (χ0v) is 16.5. The summed E-state index contributed by atoms with van der Waals surface area (Å²) in [6.07, 6.45) is 4.83. The summed E-state index contributed by atoms with van der Waals surface area (Å²) in [6.45, 7) is 0. The van der Waals surface area contributed by atoms with Crippen molar-refractivity contribution in [1.82, 2.24) is 19.7 Å². The second-order valence-corrected chi connectivity index (χ2v) is 8.67. The van der Waals surface area contributed by atoms with E-state index in [1.165, 1.54) is 29.9 Å². The zero-order chi connectivity index (χ0) is 18.9. The topological polar surface area (TPSA) is 56.7 Å². The zero-order valence-electron chi connectivity index (χ0n) is 14.9. The lowest BCUT2D eigenvalue weighted by atomic mass is 10.2.